The first-order valence-electron chi connectivity index (χ1n) is 10.6. The summed E-state index contributed by atoms with van der Waals surface area (Å²) in [6, 6.07) is 13.9. The predicted molar refractivity (Wildman–Crippen MR) is 124 cm³/mol. The van der Waals surface area contributed by atoms with E-state index < -0.39 is 35.6 Å². The van der Waals surface area contributed by atoms with E-state index in [2.05, 4.69) is 9.47 Å². The third-order valence-electron chi connectivity index (χ3n) is 5.98. The highest BCUT2D eigenvalue weighted by molar-refractivity contribution is 6.36. The van der Waals surface area contributed by atoms with Crippen LogP contribution in [0.3, 0.4) is 0 Å². The number of fused-ring (bicyclic) bond motifs is 2. The van der Waals surface area contributed by atoms with Crippen LogP contribution in [0.25, 0.3) is 0 Å². The van der Waals surface area contributed by atoms with Crippen LogP contribution in [0.4, 0.5) is 11.4 Å². The molecule has 0 atom stereocenters. The van der Waals surface area contributed by atoms with Crippen molar-refractivity contribution in [3.8, 4) is 0 Å². The lowest BCUT2D eigenvalue weighted by Crippen LogP contribution is -2.30. The number of ether oxygens (including phenoxy) is 2. The highest BCUT2D eigenvalue weighted by Gasteiger charge is 2.39. The molecule has 3 aromatic carbocycles. The van der Waals surface area contributed by atoms with Crippen molar-refractivity contribution < 1.29 is 38.2 Å². The number of hydrogen-bond acceptors (Lipinski definition) is 8. The van der Waals surface area contributed by atoms with Gasteiger partial charge in [0, 0.05) is 0 Å². The maximum Gasteiger partial charge on any atom is 0.337 e. The monoisotopic (exact) mass is 484 g/mol. The van der Waals surface area contributed by atoms with Crippen LogP contribution in [-0.4, -0.2) is 49.8 Å². The Bertz CT molecular complexity index is 1410. The molecule has 3 aromatic rings. The van der Waals surface area contributed by atoms with E-state index in [-0.39, 0.29) is 44.8 Å². The topological polar surface area (TPSA) is 127 Å². The summed E-state index contributed by atoms with van der Waals surface area (Å²) in [6.07, 6.45) is 0. The molecule has 0 unspecified atom stereocenters. The lowest BCUT2D eigenvalue weighted by atomic mass is 10.1. The largest absolute Gasteiger partial charge is 0.465 e. The molecule has 178 valence electrons. The second-order valence-corrected chi connectivity index (χ2v) is 7.91. The van der Waals surface area contributed by atoms with Crippen LogP contribution in [0.2, 0.25) is 0 Å². The van der Waals surface area contributed by atoms with Crippen molar-refractivity contribution in [3.05, 3.63) is 94.0 Å². The molecule has 2 aliphatic rings. The fourth-order valence-electron chi connectivity index (χ4n) is 4.19. The van der Waals surface area contributed by atoms with E-state index >= 15 is 0 Å². The molecular weight excluding hydrogens is 468 g/mol. The number of nitrogens with zero attached hydrogens (tertiary/aromatic N) is 2. The molecule has 0 saturated carbocycles. The Morgan fingerprint density at radius 2 is 0.861 bits per heavy atom. The predicted octanol–water partition coefficient (Wildman–Crippen LogP) is 2.86. The van der Waals surface area contributed by atoms with Gasteiger partial charge in [0.05, 0.1) is 59.0 Å². The van der Waals surface area contributed by atoms with E-state index in [9.17, 15) is 28.8 Å². The number of carbonyl (C=O) groups is 6. The van der Waals surface area contributed by atoms with E-state index in [1.54, 1.807) is 0 Å². The van der Waals surface area contributed by atoms with Crippen LogP contribution in [-0.2, 0) is 9.47 Å². The van der Waals surface area contributed by atoms with Gasteiger partial charge in [-0.2, -0.15) is 0 Å². The Hall–Kier alpha value is -5.12. The van der Waals surface area contributed by atoms with Crippen LogP contribution in [0.15, 0.2) is 60.7 Å². The molecule has 36 heavy (non-hydrogen) atoms. The fourth-order valence-corrected chi connectivity index (χ4v) is 4.19. The summed E-state index contributed by atoms with van der Waals surface area (Å²) in [5.41, 5.74) is 1.11. The van der Waals surface area contributed by atoms with Gasteiger partial charge >= 0.3 is 11.9 Å². The van der Waals surface area contributed by atoms with Gasteiger partial charge in [-0.15, -0.1) is 0 Å². The first kappa shape index (κ1) is 22.7. The van der Waals surface area contributed by atoms with E-state index in [1.165, 1.54) is 74.9 Å². The van der Waals surface area contributed by atoms with E-state index in [1.807, 2.05) is 0 Å². The molecule has 4 amide bonds. The van der Waals surface area contributed by atoms with Gasteiger partial charge in [0.15, 0.2) is 0 Å². The minimum atomic E-state index is -0.638. The zero-order chi connectivity index (χ0) is 25.7. The summed E-state index contributed by atoms with van der Waals surface area (Å²) in [5, 5.41) is 0. The first-order valence-corrected chi connectivity index (χ1v) is 10.6. The molecule has 0 aromatic heterocycles. The Morgan fingerprint density at radius 3 is 1.19 bits per heavy atom. The van der Waals surface area contributed by atoms with Gasteiger partial charge in [-0.3, -0.25) is 19.2 Å². The van der Waals surface area contributed by atoms with E-state index in [0.717, 1.165) is 9.80 Å². The number of amides is 4. The third kappa shape index (κ3) is 3.27. The molecule has 10 nitrogen and oxygen atoms in total. The number of benzene rings is 3. The maximum atomic E-state index is 13.0. The molecule has 0 bridgehead atoms. The summed E-state index contributed by atoms with van der Waals surface area (Å²) < 4.78 is 9.33. The number of imide groups is 2. The number of anilines is 2. The number of carbonyl (C=O) groups excluding carboxylic acids is 6. The molecule has 0 spiro atoms. The average Bonchev–Trinajstić information content (AvgIpc) is 3.31. The van der Waals surface area contributed by atoms with Crippen LogP contribution in [0, 0.1) is 0 Å². The van der Waals surface area contributed by atoms with Crippen molar-refractivity contribution in [2.45, 2.75) is 0 Å². The highest BCUT2D eigenvalue weighted by atomic mass is 16.5. The summed E-state index contributed by atoms with van der Waals surface area (Å²) >= 11 is 0. The smallest absolute Gasteiger partial charge is 0.337 e. The number of esters is 2. The second-order valence-electron chi connectivity index (χ2n) is 7.91. The van der Waals surface area contributed by atoms with Gasteiger partial charge in [-0.05, 0) is 60.7 Å². The number of methoxy groups -OCH3 is 2. The molecule has 0 N–H and O–H groups in total. The number of rotatable bonds is 4. The SMILES string of the molecule is COC(=O)c1ccc2c(c1)C(=O)N(c1ccc(N3C(=O)c4ccc(C(=O)OC)cc4C3=O)cc1)C2=O. The zero-order valence-corrected chi connectivity index (χ0v) is 18.9. The Balaban J connectivity index is 1.43. The first-order chi connectivity index (χ1) is 17.3. The minimum Gasteiger partial charge on any atom is -0.465 e. The summed E-state index contributed by atoms with van der Waals surface area (Å²) in [4.78, 5) is 77.2. The van der Waals surface area contributed by atoms with Crippen molar-refractivity contribution in [2.75, 3.05) is 24.0 Å². The maximum absolute atomic E-state index is 13.0. The molecular formula is C26H16N2O8. The van der Waals surface area contributed by atoms with Crippen molar-refractivity contribution in [3.63, 3.8) is 0 Å². The second kappa shape index (κ2) is 8.27. The fraction of sp³-hybridized carbons (Fsp3) is 0.0769. The molecule has 0 aliphatic carbocycles. The standard InChI is InChI=1S/C26H16N2O8/c1-35-25(33)13-3-9-17-19(11-13)23(31)27(21(17)29)15-5-7-16(8-6-15)28-22(30)18-10-4-14(26(34)36-2)12-20(18)24(28)32/h3-12H,1-2H3. The summed E-state index contributed by atoms with van der Waals surface area (Å²) in [6.45, 7) is 0. The molecule has 0 fully saturated rings. The lowest BCUT2D eigenvalue weighted by Gasteiger charge is -2.17. The summed E-state index contributed by atoms with van der Waals surface area (Å²) in [7, 11) is 2.42. The van der Waals surface area contributed by atoms with Crippen LogP contribution >= 0.6 is 0 Å². The third-order valence-corrected chi connectivity index (χ3v) is 5.98. The zero-order valence-electron chi connectivity index (χ0n) is 18.9. The average molecular weight is 484 g/mol. The van der Waals surface area contributed by atoms with Crippen LogP contribution in [0.1, 0.15) is 62.1 Å². The van der Waals surface area contributed by atoms with Gasteiger partial charge in [-0.25, -0.2) is 19.4 Å². The van der Waals surface area contributed by atoms with Crippen LogP contribution < -0.4 is 9.80 Å². The van der Waals surface area contributed by atoms with Crippen molar-refractivity contribution in [2.24, 2.45) is 0 Å². The van der Waals surface area contributed by atoms with Crippen molar-refractivity contribution in [1.29, 1.82) is 0 Å². The minimum absolute atomic E-state index is 0.0636. The molecule has 0 saturated heterocycles. The van der Waals surface area contributed by atoms with E-state index in [4.69, 9.17) is 0 Å². The van der Waals surface area contributed by atoms with Gasteiger partial charge in [-0.1, -0.05) is 0 Å². The van der Waals surface area contributed by atoms with Crippen molar-refractivity contribution >= 4 is 46.9 Å². The quantitative estimate of drug-likeness (QED) is 0.409. The molecule has 5 rings (SSSR count). The highest BCUT2D eigenvalue weighted by Crippen LogP contribution is 2.33. The Kier molecular flexibility index (Phi) is 5.21. The van der Waals surface area contributed by atoms with Crippen LogP contribution in [0.5, 0.6) is 0 Å². The van der Waals surface area contributed by atoms with Gasteiger partial charge in [0.2, 0.25) is 0 Å². The number of hydrogen-bond donors (Lipinski definition) is 0. The van der Waals surface area contributed by atoms with Gasteiger partial charge < -0.3 is 9.47 Å². The van der Waals surface area contributed by atoms with Gasteiger partial charge in [0.1, 0.15) is 0 Å². The summed E-state index contributed by atoms with van der Waals surface area (Å²) in [5.74, 6) is -3.67. The lowest BCUT2D eigenvalue weighted by molar-refractivity contribution is 0.0591. The van der Waals surface area contributed by atoms with Gasteiger partial charge in [0.25, 0.3) is 23.6 Å². The molecule has 0 radical (unpaired) electrons. The normalized spacial score (nSPS) is 14.2. The van der Waals surface area contributed by atoms with Crippen molar-refractivity contribution in [1.82, 2.24) is 0 Å². The molecule has 2 aliphatic heterocycles. The molecule has 2 heterocycles. The van der Waals surface area contributed by atoms with E-state index in [0.29, 0.717) is 0 Å². The Morgan fingerprint density at radius 1 is 0.528 bits per heavy atom. The molecule has 10 heteroatoms. The Labute approximate surface area is 203 Å².